The topological polar surface area (TPSA) is 25.4 Å². The Morgan fingerprint density at radius 1 is 1.67 bits per heavy atom. The minimum Gasteiger partial charge on any atom is -0.480 e. The zero-order valence-corrected chi connectivity index (χ0v) is 7.27. The maximum Gasteiger partial charge on any atom is 0.229 e. The highest BCUT2D eigenvalue weighted by Gasteiger charge is 2.03. The van der Waals surface area contributed by atoms with E-state index in [4.69, 9.17) is 15.1 Å². The van der Waals surface area contributed by atoms with Crippen molar-refractivity contribution in [2.24, 2.45) is 0 Å². The molecule has 0 atom stereocenters. The molecule has 0 aliphatic heterocycles. The molecule has 0 aliphatic rings. The molecule has 1 aromatic heterocycles. The van der Waals surface area contributed by atoms with Gasteiger partial charge in [0.15, 0.2) is 0 Å². The Bertz CT molecular complexity index is 580. The van der Waals surface area contributed by atoms with E-state index >= 15 is 0 Å². The summed E-state index contributed by atoms with van der Waals surface area (Å²) in [7, 11) is -2.96. The van der Waals surface area contributed by atoms with Crippen LogP contribution in [0.2, 0.25) is 0 Å². The molecule has 4 heteroatoms. The molecule has 0 bridgehead atoms. The highest BCUT2D eigenvalue weighted by molar-refractivity contribution is 9.10. The van der Waals surface area contributed by atoms with Crippen LogP contribution in [0.5, 0.6) is 5.88 Å². The number of hydrogen-bond donors (Lipinski definition) is 0. The monoisotopic (exact) mass is 241 g/mol. The number of nitrogens with zero attached hydrogens (tertiary/aromatic N) is 2. The lowest BCUT2D eigenvalue weighted by molar-refractivity contribution is 0.395. The molecule has 1 heterocycles. The van der Waals surface area contributed by atoms with Crippen LogP contribution in [0.4, 0.5) is 5.82 Å². The second-order valence-corrected chi connectivity index (χ2v) is 2.54. The van der Waals surface area contributed by atoms with Crippen molar-refractivity contribution in [2.45, 2.75) is 0 Å². The third-order valence-corrected chi connectivity index (χ3v) is 1.53. The first kappa shape index (κ1) is 2.38. The lowest BCUT2D eigenvalue weighted by Gasteiger charge is -2.12. The fraction of sp³-hybridized carbons (Fsp3) is 0.375. The largest absolute Gasteiger partial charge is 0.480 e. The van der Waals surface area contributed by atoms with Gasteiger partial charge in [-0.05, 0) is 28.0 Å². The molecule has 1 rings (SSSR count). The number of aromatic nitrogens is 1. The van der Waals surface area contributed by atoms with E-state index in [0.717, 1.165) is 0 Å². The Morgan fingerprint density at radius 2 is 2.50 bits per heavy atom. The van der Waals surface area contributed by atoms with Gasteiger partial charge < -0.3 is 9.64 Å². The quantitative estimate of drug-likeness (QED) is 0.792. The Morgan fingerprint density at radius 3 is 3.17 bits per heavy atom. The third-order valence-electron chi connectivity index (χ3n) is 0.988. The summed E-state index contributed by atoms with van der Waals surface area (Å²) in [6, 6.07) is -1.46. The summed E-state index contributed by atoms with van der Waals surface area (Å²) in [6.45, 7) is -6.41. The fourth-order valence-corrected chi connectivity index (χ4v) is 0.780. The van der Waals surface area contributed by atoms with Crippen molar-refractivity contribution in [2.75, 3.05) is 25.9 Å². The highest BCUT2D eigenvalue weighted by atomic mass is 79.9. The summed E-state index contributed by atoms with van der Waals surface area (Å²) in [6.07, 6.45) is 0. The molecule has 66 valence electrons. The number of pyridine rings is 1. The zero-order chi connectivity index (χ0) is 18.4. The zero-order valence-electron chi connectivity index (χ0n) is 16.7. The Hall–Kier alpha value is -0.770. The van der Waals surface area contributed by atoms with Crippen LogP contribution >= 0.6 is 15.9 Å². The lowest BCUT2D eigenvalue weighted by atomic mass is 10.4. The summed E-state index contributed by atoms with van der Waals surface area (Å²) in [4.78, 5) is 3.41. The van der Waals surface area contributed by atoms with Gasteiger partial charge in [0.1, 0.15) is 5.82 Å². The van der Waals surface area contributed by atoms with Crippen molar-refractivity contribution in [3.63, 3.8) is 0 Å². The van der Waals surface area contributed by atoms with Crippen LogP contribution in [0.25, 0.3) is 0 Å². The van der Waals surface area contributed by atoms with Gasteiger partial charge in [-0.3, -0.25) is 0 Å². The SMILES string of the molecule is [2H]c1c(N(C([2H])([2H])[2H])C([2H])([2H])[2H])nc(OC([2H])([2H])[2H])c(Br)c1[2H]. The second kappa shape index (κ2) is 3.76. The van der Waals surface area contributed by atoms with E-state index in [0.29, 0.717) is 0 Å². The average Bonchev–Trinajstić information content (AvgIpc) is 2.27. The van der Waals surface area contributed by atoms with E-state index in [1.807, 2.05) is 0 Å². The van der Waals surface area contributed by atoms with Gasteiger partial charge in [-0.15, -0.1) is 0 Å². The van der Waals surface area contributed by atoms with E-state index < -0.39 is 44.8 Å². The summed E-state index contributed by atoms with van der Waals surface area (Å²) in [5.41, 5.74) is 0. The van der Waals surface area contributed by atoms with Crippen molar-refractivity contribution in [3.05, 3.63) is 16.6 Å². The number of ether oxygens (including phenoxy) is 1. The van der Waals surface area contributed by atoms with Gasteiger partial charge >= 0.3 is 0 Å². The van der Waals surface area contributed by atoms with Crippen molar-refractivity contribution in [1.82, 2.24) is 4.98 Å². The normalized spacial score (nSPS) is 26.2. The molecule has 3 nitrogen and oxygen atoms in total. The molecule has 0 saturated heterocycles. The predicted octanol–water partition coefficient (Wildman–Crippen LogP) is 1.92. The average molecular weight is 242 g/mol. The first-order chi connectivity index (χ1) is 10.1. The molecular formula is C8H11BrN2O. The maximum absolute atomic E-state index is 7.74. The van der Waals surface area contributed by atoms with E-state index in [1.165, 1.54) is 0 Å². The van der Waals surface area contributed by atoms with E-state index in [1.54, 1.807) is 0 Å². The van der Waals surface area contributed by atoms with Gasteiger partial charge in [-0.2, -0.15) is 4.98 Å². The molecule has 0 N–H and O–H groups in total. The van der Waals surface area contributed by atoms with Crippen LogP contribution in [0.15, 0.2) is 16.6 Å². The summed E-state index contributed by atoms with van der Waals surface area (Å²) < 4.78 is 84.5. The van der Waals surface area contributed by atoms with Crippen LogP contribution in [0, 0.1) is 0 Å². The van der Waals surface area contributed by atoms with Gasteiger partial charge in [-0.1, -0.05) is 0 Å². The van der Waals surface area contributed by atoms with Gasteiger partial charge in [0, 0.05) is 22.2 Å². The molecule has 1 aromatic rings. The molecular weight excluding hydrogens is 220 g/mol. The molecule has 0 fully saturated rings. The van der Waals surface area contributed by atoms with Gasteiger partial charge in [0.25, 0.3) is 0 Å². The minimum atomic E-state index is -3.20. The van der Waals surface area contributed by atoms with Crippen molar-refractivity contribution in [1.29, 1.82) is 0 Å². The smallest absolute Gasteiger partial charge is 0.229 e. The molecule has 0 radical (unpaired) electrons. The van der Waals surface area contributed by atoms with Crippen molar-refractivity contribution in [3.8, 4) is 5.88 Å². The van der Waals surface area contributed by atoms with Gasteiger partial charge in [0.05, 0.1) is 18.4 Å². The second-order valence-electron chi connectivity index (χ2n) is 1.74. The third kappa shape index (κ3) is 1.88. The van der Waals surface area contributed by atoms with Crippen molar-refractivity contribution < 1.29 is 19.8 Å². The first-order valence-corrected chi connectivity index (χ1v) is 3.51. The summed E-state index contributed by atoms with van der Waals surface area (Å²) >= 11 is 2.82. The lowest BCUT2D eigenvalue weighted by Crippen LogP contribution is -2.10. The fourth-order valence-electron chi connectivity index (χ4n) is 0.511. The Labute approximate surface area is 95.9 Å². The molecule has 0 amide bonds. The first-order valence-electron chi connectivity index (χ1n) is 8.22. The van der Waals surface area contributed by atoms with Crippen LogP contribution in [-0.2, 0) is 0 Å². The van der Waals surface area contributed by atoms with E-state index in [-0.39, 0.29) is 9.37 Å². The summed E-state index contributed by atoms with van der Waals surface area (Å²) in [5, 5.41) is 0. The van der Waals surface area contributed by atoms with Crippen LogP contribution in [-0.4, -0.2) is 26.0 Å². The molecule has 12 heavy (non-hydrogen) atoms. The maximum atomic E-state index is 7.74. The Balaban J connectivity index is 3.63. The summed E-state index contributed by atoms with van der Waals surface area (Å²) in [5.74, 6) is -1.61. The number of rotatable bonds is 2. The standard InChI is InChI=1S/C8H11BrN2O/c1-11(2)7-5-4-6(9)8(10-7)12-3/h4-5H,1-3H3/i1D3,2D3,3D3,4D,5D. The number of anilines is 1. The number of halogens is 1. The van der Waals surface area contributed by atoms with E-state index in [9.17, 15) is 0 Å². The van der Waals surface area contributed by atoms with Crippen LogP contribution < -0.4 is 9.64 Å². The van der Waals surface area contributed by atoms with E-state index in [2.05, 4.69) is 25.7 Å². The van der Waals surface area contributed by atoms with Crippen molar-refractivity contribution >= 4 is 21.7 Å². The molecule has 0 spiro atoms. The highest BCUT2D eigenvalue weighted by Crippen LogP contribution is 2.24. The molecule has 0 aromatic carbocycles. The molecule has 0 unspecified atom stereocenters. The molecule has 0 saturated carbocycles. The molecule has 0 aliphatic carbocycles. The minimum absolute atomic E-state index is 0.112. The van der Waals surface area contributed by atoms with Gasteiger partial charge in [0.2, 0.25) is 5.88 Å². The Kier molecular flexibility index (Phi) is 0.745. The number of methoxy groups -OCH3 is 1. The van der Waals surface area contributed by atoms with Crippen LogP contribution in [0.3, 0.4) is 0 Å². The van der Waals surface area contributed by atoms with Crippen LogP contribution in [0.1, 0.15) is 15.1 Å². The number of hydrogen-bond acceptors (Lipinski definition) is 3. The predicted molar refractivity (Wildman–Crippen MR) is 52.8 cm³/mol. The van der Waals surface area contributed by atoms with Gasteiger partial charge in [-0.25, -0.2) is 0 Å².